The lowest BCUT2D eigenvalue weighted by Gasteiger charge is -2.25. The third kappa shape index (κ3) is 3.52. The molecule has 0 aromatic carbocycles. The molecule has 0 bridgehead atoms. The molecule has 2 aliphatic carbocycles. The fourth-order valence-electron chi connectivity index (χ4n) is 4.18. The van der Waals surface area contributed by atoms with Gasteiger partial charge in [0.15, 0.2) is 0 Å². The molecule has 0 amide bonds. The van der Waals surface area contributed by atoms with E-state index in [1.807, 2.05) is 0 Å². The van der Waals surface area contributed by atoms with E-state index in [4.69, 9.17) is 4.74 Å². The van der Waals surface area contributed by atoms with Crippen molar-refractivity contribution in [1.29, 1.82) is 0 Å². The Bertz CT molecular complexity index is 281. The van der Waals surface area contributed by atoms with Gasteiger partial charge >= 0.3 is 0 Å². The number of ether oxygens (including phenoxy) is 1. The van der Waals surface area contributed by atoms with Crippen LogP contribution in [0.1, 0.15) is 77.6 Å². The van der Waals surface area contributed by atoms with E-state index < -0.39 is 0 Å². The van der Waals surface area contributed by atoms with E-state index in [0.29, 0.717) is 11.7 Å². The first-order valence-corrected chi connectivity index (χ1v) is 8.72. The van der Waals surface area contributed by atoms with Crippen molar-refractivity contribution in [3.8, 4) is 0 Å². The Labute approximate surface area is 118 Å². The van der Waals surface area contributed by atoms with Crippen LogP contribution in [-0.2, 0) is 4.74 Å². The lowest BCUT2D eigenvalue weighted by Crippen LogP contribution is -2.33. The molecule has 2 heteroatoms. The highest BCUT2D eigenvalue weighted by Gasteiger charge is 2.42. The summed E-state index contributed by atoms with van der Waals surface area (Å²) in [7, 11) is 0. The molecule has 0 aromatic heterocycles. The molecule has 3 aliphatic rings. The second-order valence-corrected chi connectivity index (χ2v) is 7.14. The van der Waals surface area contributed by atoms with Crippen molar-refractivity contribution in [2.75, 3.05) is 6.54 Å². The number of nitrogens with one attached hydrogen (secondary N) is 1. The molecule has 110 valence electrons. The Morgan fingerprint density at radius 3 is 2.63 bits per heavy atom. The van der Waals surface area contributed by atoms with Crippen molar-refractivity contribution in [2.24, 2.45) is 5.92 Å². The smallest absolute Gasteiger partial charge is 0.0687 e. The zero-order valence-electron chi connectivity index (χ0n) is 12.6. The average Bonchev–Trinajstić information content (AvgIpc) is 3.04. The van der Waals surface area contributed by atoms with Crippen LogP contribution >= 0.6 is 0 Å². The monoisotopic (exact) mass is 265 g/mol. The highest BCUT2D eigenvalue weighted by atomic mass is 16.5. The maximum Gasteiger partial charge on any atom is 0.0687 e. The molecule has 1 spiro atoms. The third-order valence-electron chi connectivity index (χ3n) is 5.50. The van der Waals surface area contributed by atoms with Gasteiger partial charge in [-0.2, -0.15) is 0 Å². The minimum atomic E-state index is 0.330. The van der Waals surface area contributed by atoms with Gasteiger partial charge < -0.3 is 10.1 Å². The van der Waals surface area contributed by atoms with Crippen LogP contribution in [0, 0.1) is 5.92 Å². The highest BCUT2D eigenvalue weighted by Crippen LogP contribution is 2.44. The summed E-state index contributed by atoms with van der Waals surface area (Å²) in [4.78, 5) is 0. The van der Waals surface area contributed by atoms with E-state index in [1.165, 1.54) is 77.2 Å². The molecule has 3 rings (SSSR count). The van der Waals surface area contributed by atoms with E-state index >= 15 is 0 Å². The summed E-state index contributed by atoms with van der Waals surface area (Å²) in [5.74, 6) is 0.980. The van der Waals surface area contributed by atoms with Crippen LogP contribution < -0.4 is 5.32 Å². The molecule has 2 unspecified atom stereocenters. The molecule has 3 fully saturated rings. The predicted molar refractivity (Wildman–Crippen MR) is 79.3 cm³/mol. The fraction of sp³-hybridized carbons (Fsp3) is 1.00. The van der Waals surface area contributed by atoms with E-state index in [0.717, 1.165) is 12.0 Å². The summed E-state index contributed by atoms with van der Waals surface area (Å²) in [5, 5.41) is 3.76. The topological polar surface area (TPSA) is 21.3 Å². The second kappa shape index (κ2) is 6.13. The van der Waals surface area contributed by atoms with Gasteiger partial charge in [-0.05, 0) is 70.3 Å². The maximum absolute atomic E-state index is 6.44. The molecule has 2 atom stereocenters. The van der Waals surface area contributed by atoms with Gasteiger partial charge in [0.2, 0.25) is 0 Å². The van der Waals surface area contributed by atoms with Gasteiger partial charge in [-0.3, -0.25) is 0 Å². The van der Waals surface area contributed by atoms with Gasteiger partial charge in [-0.1, -0.05) is 19.8 Å². The largest absolute Gasteiger partial charge is 0.372 e. The molecular formula is C17H31NO. The summed E-state index contributed by atoms with van der Waals surface area (Å²) in [6.45, 7) is 3.46. The first-order chi connectivity index (χ1) is 9.31. The molecule has 19 heavy (non-hydrogen) atoms. The van der Waals surface area contributed by atoms with E-state index in [2.05, 4.69) is 12.2 Å². The minimum absolute atomic E-state index is 0.330. The van der Waals surface area contributed by atoms with Gasteiger partial charge in [-0.15, -0.1) is 0 Å². The molecule has 0 radical (unpaired) electrons. The predicted octanol–water partition coefficient (Wildman–Crippen LogP) is 4.04. The average molecular weight is 265 g/mol. The molecular weight excluding hydrogens is 234 g/mol. The maximum atomic E-state index is 6.44. The van der Waals surface area contributed by atoms with Crippen LogP contribution in [0.2, 0.25) is 0 Å². The van der Waals surface area contributed by atoms with Crippen LogP contribution in [0.5, 0.6) is 0 Å². The summed E-state index contributed by atoms with van der Waals surface area (Å²) in [6.07, 6.45) is 15.5. The first kappa shape index (κ1) is 13.9. The van der Waals surface area contributed by atoms with Crippen molar-refractivity contribution in [3.05, 3.63) is 0 Å². The third-order valence-corrected chi connectivity index (χ3v) is 5.50. The standard InChI is InChI=1S/C17H31NO/c1-2-13-18-16(14-5-6-14)8-7-15-9-12-17(19-15)10-3-4-11-17/h14-16,18H,2-13H2,1H3. The normalized spacial score (nSPS) is 31.1. The molecule has 1 heterocycles. The van der Waals surface area contributed by atoms with Gasteiger partial charge in [0.1, 0.15) is 0 Å². The molecule has 1 N–H and O–H groups in total. The van der Waals surface area contributed by atoms with E-state index in [9.17, 15) is 0 Å². The lowest BCUT2D eigenvalue weighted by atomic mass is 9.97. The molecule has 1 saturated heterocycles. The Kier molecular flexibility index (Phi) is 4.48. The minimum Gasteiger partial charge on any atom is -0.372 e. The number of rotatable bonds is 7. The Hall–Kier alpha value is -0.0800. The summed E-state index contributed by atoms with van der Waals surface area (Å²) < 4.78 is 6.44. The van der Waals surface area contributed by atoms with Crippen LogP contribution in [0.15, 0.2) is 0 Å². The van der Waals surface area contributed by atoms with Gasteiger partial charge in [-0.25, -0.2) is 0 Å². The summed E-state index contributed by atoms with van der Waals surface area (Å²) in [6, 6.07) is 0.781. The van der Waals surface area contributed by atoms with Crippen molar-refractivity contribution < 1.29 is 4.74 Å². The van der Waals surface area contributed by atoms with Crippen LogP contribution in [0.3, 0.4) is 0 Å². The number of hydrogen-bond acceptors (Lipinski definition) is 2. The van der Waals surface area contributed by atoms with Crippen molar-refractivity contribution in [2.45, 2.75) is 95.3 Å². The van der Waals surface area contributed by atoms with Crippen molar-refractivity contribution in [3.63, 3.8) is 0 Å². The Morgan fingerprint density at radius 2 is 1.95 bits per heavy atom. The van der Waals surface area contributed by atoms with Crippen molar-refractivity contribution in [1.82, 2.24) is 5.32 Å². The molecule has 0 aromatic rings. The fourth-order valence-corrected chi connectivity index (χ4v) is 4.18. The van der Waals surface area contributed by atoms with Gasteiger partial charge in [0.25, 0.3) is 0 Å². The Morgan fingerprint density at radius 1 is 1.16 bits per heavy atom. The summed E-state index contributed by atoms with van der Waals surface area (Å²) >= 11 is 0. The second-order valence-electron chi connectivity index (χ2n) is 7.14. The first-order valence-electron chi connectivity index (χ1n) is 8.72. The van der Waals surface area contributed by atoms with Crippen LogP contribution in [0.25, 0.3) is 0 Å². The number of hydrogen-bond donors (Lipinski definition) is 1. The van der Waals surface area contributed by atoms with Gasteiger partial charge in [0.05, 0.1) is 11.7 Å². The molecule has 2 saturated carbocycles. The zero-order valence-corrected chi connectivity index (χ0v) is 12.6. The van der Waals surface area contributed by atoms with E-state index in [-0.39, 0.29) is 0 Å². The van der Waals surface area contributed by atoms with Gasteiger partial charge in [0, 0.05) is 6.04 Å². The summed E-state index contributed by atoms with van der Waals surface area (Å²) in [5.41, 5.74) is 0.330. The quantitative estimate of drug-likeness (QED) is 0.750. The van der Waals surface area contributed by atoms with Crippen molar-refractivity contribution >= 4 is 0 Å². The van der Waals surface area contributed by atoms with E-state index in [1.54, 1.807) is 0 Å². The lowest BCUT2D eigenvalue weighted by molar-refractivity contribution is -0.0403. The molecule has 1 aliphatic heterocycles. The highest BCUT2D eigenvalue weighted by molar-refractivity contribution is 4.94. The zero-order chi connectivity index (χ0) is 13.1. The van der Waals surface area contributed by atoms with Crippen LogP contribution in [-0.4, -0.2) is 24.3 Å². The SMILES string of the molecule is CCCNC(CCC1CCC2(CCCC2)O1)C1CC1. The Balaban J connectivity index is 1.41. The molecule has 2 nitrogen and oxygen atoms in total. The van der Waals surface area contributed by atoms with Crippen LogP contribution in [0.4, 0.5) is 0 Å².